The van der Waals surface area contributed by atoms with Gasteiger partial charge >= 0.3 is 0 Å². The molecule has 4 rings (SSSR count). The molecule has 8 nitrogen and oxygen atoms in total. The molecular weight excluding hydrogens is 656 g/mol. The van der Waals surface area contributed by atoms with Crippen molar-refractivity contribution >= 4 is 23.1 Å². The molecule has 0 amide bonds. The normalized spacial score (nSPS) is 29.2. The smallest absolute Gasteiger partial charge is 0.138 e. The van der Waals surface area contributed by atoms with Crippen LogP contribution in [0.25, 0.3) is 0 Å². The second-order valence-corrected chi connectivity index (χ2v) is 17.1. The Labute approximate surface area is 319 Å². The standard InChI is InChI=1S/4C11H20O2/c4*1-8(2)11(12)9-4-6-10(13-3)7-5-9/h4*8-10H,4-7H2,1-3H3. The van der Waals surface area contributed by atoms with Crippen LogP contribution in [0.15, 0.2) is 0 Å². The third-order valence-corrected chi connectivity index (χ3v) is 11.9. The molecule has 0 aromatic heterocycles. The van der Waals surface area contributed by atoms with Crippen LogP contribution in [0, 0.1) is 47.3 Å². The van der Waals surface area contributed by atoms with Gasteiger partial charge in [0.25, 0.3) is 0 Å². The molecule has 4 aliphatic carbocycles. The SMILES string of the molecule is COC1CCC(C(=O)C(C)C)CC1.COC1CCC(C(=O)C(C)C)CC1.COC1CCC(C(=O)C(C)C)CC1.COC1CCC(C(=O)C(C)C)CC1. The summed E-state index contributed by atoms with van der Waals surface area (Å²) in [5.41, 5.74) is 0. The van der Waals surface area contributed by atoms with Crippen LogP contribution in [0.4, 0.5) is 0 Å². The predicted octanol–water partition coefficient (Wildman–Crippen LogP) is 9.67. The number of methoxy groups -OCH3 is 4. The lowest BCUT2D eigenvalue weighted by atomic mass is 9.81. The summed E-state index contributed by atoms with van der Waals surface area (Å²) in [5.74, 6) is 3.80. The Balaban J connectivity index is 0.000000347. The molecule has 8 heteroatoms. The molecule has 304 valence electrons. The minimum Gasteiger partial charge on any atom is -0.381 e. The number of hydrogen-bond acceptors (Lipinski definition) is 8. The van der Waals surface area contributed by atoms with Gasteiger partial charge in [-0.15, -0.1) is 0 Å². The van der Waals surface area contributed by atoms with E-state index in [4.69, 9.17) is 18.9 Å². The highest BCUT2D eigenvalue weighted by Crippen LogP contribution is 2.31. The van der Waals surface area contributed by atoms with E-state index >= 15 is 0 Å². The van der Waals surface area contributed by atoms with Gasteiger partial charge < -0.3 is 18.9 Å². The second kappa shape index (κ2) is 26.3. The number of carbonyl (C=O) groups is 4. The zero-order valence-electron chi connectivity index (χ0n) is 35.5. The molecule has 4 fully saturated rings. The van der Waals surface area contributed by atoms with Gasteiger partial charge in [0.05, 0.1) is 24.4 Å². The van der Waals surface area contributed by atoms with Crippen LogP contribution in [0.2, 0.25) is 0 Å². The topological polar surface area (TPSA) is 105 Å². The van der Waals surface area contributed by atoms with Crippen molar-refractivity contribution in [1.29, 1.82) is 0 Å². The first kappa shape index (κ1) is 48.5. The van der Waals surface area contributed by atoms with Crippen LogP contribution in [-0.2, 0) is 38.1 Å². The Morgan fingerprint density at radius 3 is 0.538 bits per heavy atom. The number of hydrogen-bond donors (Lipinski definition) is 0. The van der Waals surface area contributed by atoms with E-state index in [1.165, 1.54) is 0 Å². The largest absolute Gasteiger partial charge is 0.381 e. The first-order valence-corrected chi connectivity index (χ1v) is 20.9. The van der Waals surface area contributed by atoms with E-state index in [-0.39, 0.29) is 23.7 Å². The van der Waals surface area contributed by atoms with E-state index in [0.29, 0.717) is 71.2 Å². The van der Waals surface area contributed by atoms with Crippen molar-refractivity contribution in [2.24, 2.45) is 47.3 Å². The summed E-state index contributed by atoms with van der Waals surface area (Å²) in [4.78, 5) is 46.6. The van der Waals surface area contributed by atoms with Crippen LogP contribution in [0.1, 0.15) is 158 Å². The van der Waals surface area contributed by atoms with Gasteiger partial charge in [0.2, 0.25) is 0 Å². The molecule has 0 atom stereocenters. The first-order valence-electron chi connectivity index (χ1n) is 20.9. The Kier molecular flexibility index (Phi) is 24.6. The molecule has 0 aromatic carbocycles. The Morgan fingerprint density at radius 1 is 0.308 bits per heavy atom. The molecule has 0 heterocycles. The lowest BCUT2D eigenvalue weighted by molar-refractivity contribution is -0.128. The summed E-state index contributed by atoms with van der Waals surface area (Å²) in [5, 5.41) is 0. The van der Waals surface area contributed by atoms with Gasteiger partial charge in [-0.2, -0.15) is 0 Å². The van der Waals surface area contributed by atoms with E-state index in [0.717, 1.165) is 103 Å². The first-order chi connectivity index (χ1) is 24.6. The van der Waals surface area contributed by atoms with Crippen molar-refractivity contribution in [1.82, 2.24) is 0 Å². The molecule has 0 N–H and O–H groups in total. The van der Waals surface area contributed by atoms with Crippen LogP contribution in [0.5, 0.6) is 0 Å². The van der Waals surface area contributed by atoms with E-state index < -0.39 is 0 Å². The fraction of sp³-hybridized carbons (Fsp3) is 0.909. The van der Waals surface area contributed by atoms with Gasteiger partial charge in [0.15, 0.2) is 0 Å². The maximum absolute atomic E-state index is 11.7. The Bertz CT molecular complexity index is 828. The van der Waals surface area contributed by atoms with Gasteiger partial charge in [-0.3, -0.25) is 19.2 Å². The van der Waals surface area contributed by atoms with Crippen molar-refractivity contribution in [2.45, 2.75) is 183 Å². The highest BCUT2D eigenvalue weighted by Gasteiger charge is 2.30. The van der Waals surface area contributed by atoms with Gasteiger partial charge in [-0.25, -0.2) is 0 Å². The fourth-order valence-electron chi connectivity index (χ4n) is 8.22. The minimum absolute atomic E-state index is 0.198. The predicted molar refractivity (Wildman–Crippen MR) is 210 cm³/mol. The summed E-state index contributed by atoms with van der Waals surface area (Å²) in [7, 11) is 7.04. The van der Waals surface area contributed by atoms with E-state index in [1.807, 2.05) is 55.4 Å². The molecule has 52 heavy (non-hydrogen) atoms. The average Bonchev–Trinajstić information content (AvgIpc) is 3.17. The molecule has 0 spiro atoms. The lowest BCUT2D eigenvalue weighted by Crippen LogP contribution is -2.27. The summed E-state index contributed by atoms with van der Waals surface area (Å²) >= 11 is 0. The monoisotopic (exact) mass is 737 g/mol. The zero-order chi connectivity index (χ0) is 39.4. The van der Waals surface area contributed by atoms with Crippen LogP contribution >= 0.6 is 0 Å². The molecule has 0 aromatic rings. The van der Waals surface area contributed by atoms with Gasteiger partial charge in [0.1, 0.15) is 23.1 Å². The zero-order valence-corrected chi connectivity index (χ0v) is 35.5. The van der Waals surface area contributed by atoms with E-state index in [2.05, 4.69) is 0 Å². The summed E-state index contributed by atoms with van der Waals surface area (Å²) in [6, 6.07) is 0. The summed E-state index contributed by atoms with van der Waals surface area (Å²) in [6.07, 6.45) is 18.2. The van der Waals surface area contributed by atoms with E-state index in [1.54, 1.807) is 28.4 Å². The van der Waals surface area contributed by atoms with Crippen LogP contribution in [0.3, 0.4) is 0 Å². The fourth-order valence-corrected chi connectivity index (χ4v) is 8.22. The van der Waals surface area contributed by atoms with Crippen LogP contribution < -0.4 is 0 Å². The number of carbonyl (C=O) groups excluding carboxylic acids is 4. The Morgan fingerprint density at radius 2 is 0.442 bits per heavy atom. The van der Waals surface area contributed by atoms with Crippen LogP contribution in [-0.4, -0.2) is 76.0 Å². The number of Topliss-reactive ketones (excluding diaryl/α,β-unsaturated/α-hetero) is 4. The molecule has 4 aliphatic rings. The Hall–Kier alpha value is -1.48. The van der Waals surface area contributed by atoms with Crippen molar-refractivity contribution < 1.29 is 38.1 Å². The molecule has 0 saturated heterocycles. The average molecular weight is 737 g/mol. The maximum atomic E-state index is 11.7. The number of ether oxygens (including phenoxy) is 4. The molecule has 0 aliphatic heterocycles. The minimum atomic E-state index is 0.198. The number of rotatable bonds is 12. The molecule has 0 bridgehead atoms. The van der Waals surface area contributed by atoms with Crippen molar-refractivity contribution in [3.63, 3.8) is 0 Å². The third kappa shape index (κ3) is 17.8. The second-order valence-electron chi connectivity index (χ2n) is 17.1. The quantitative estimate of drug-likeness (QED) is 0.195. The molecular formula is C44H80O8. The van der Waals surface area contributed by atoms with Gasteiger partial charge in [-0.1, -0.05) is 55.4 Å². The third-order valence-electron chi connectivity index (χ3n) is 11.9. The lowest BCUT2D eigenvalue weighted by Gasteiger charge is -2.27. The van der Waals surface area contributed by atoms with Crippen molar-refractivity contribution in [3.05, 3.63) is 0 Å². The highest BCUT2D eigenvalue weighted by molar-refractivity contribution is 5.84. The maximum Gasteiger partial charge on any atom is 0.138 e. The summed E-state index contributed by atoms with van der Waals surface area (Å²) in [6.45, 7) is 15.9. The summed E-state index contributed by atoms with van der Waals surface area (Å²) < 4.78 is 21.1. The highest BCUT2D eigenvalue weighted by atomic mass is 16.5. The van der Waals surface area contributed by atoms with Crippen molar-refractivity contribution in [3.8, 4) is 0 Å². The van der Waals surface area contributed by atoms with Gasteiger partial charge in [0, 0.05) is 75.8 Å². The molecule has 4 saturated carbocycles. The van der Waals surface area contributed by atoms with Crippen molar-refractivity contribution in [2.75, 3.05) is 28.4 Å². The molecule has 0 radical (unpaired) electrons. The van der Waals surface area contributed by atoms with E-state index in [9.17, 15) is 19.2 Å². The van der Waals surface area contributed by atoms with Gasteiger partial charge in [-0.05, 0) is 103 Å². The molecule has 0 unspecified atom stereocenters. The number of ketones is 4.